The van der Waals surface area contributed by atoms with Gasteiger partial charge in [0.15, 0.2) is 0 Å². The molecule has 2 aliphatic carbocycles. The van der Waals surface area contributed by atoms with Crippen molar-refractivity contribution in [1.82, 2.24) is 0 Å². The van der Waals surface area contributed by atoms with Crippen LogP contribution >= 0.6 is 0 Å². The number of rotatable bonds is 4. The first-order valence-electron chi connectivity index (χ1n) is 17.6. The minimum Gasteiger partial charge on any atom is -0.456 e. The van der Waals surface area contributed by atoms with Crippen LogP contribution in [0.2, 0.25) is 0 Å². The number of hydrogen-bond donors (Lipinski definition) is 0. The normalized spacial score (nSPS) is 14.7. The first-order chi connectivity index (χ1) is 24.3. The Morgan fingerprint density at radius 3 is 1.82 bits per heavy atom. The molecule has 2 heteroatoms. The van der Waals surface area contributed by atoms with Crippen LogP contribution in [0.15, 0.2) is 156 Å². The summed E-state index contributed by atoms with van der Waals surface area (Å²) in [6, 6.07) is 55.6. The minimum atomic E-state index is -0.162. The van der Waals surface area contributed by atoms with Crippen LogP contribution in [0.4, 0.5) is 17.1 Å². The Morgan fingerprint density at radius 2 is 1.02 bits per heavy atom. The lowest BCUT2D eigenvalue weighted by atomic mass is 9.81. The first kappa shape index (κ1) is 29.1. The van der Waals surface area contributed by atoms with E-state index in [4.69, 9.17) is 4.42 Å². The van der Waals surface area contributed by atoms with Gasteiger partial charge in [-0.15, -0.1) is 0 Å². The van der Waals surface area contributed by atoms with E-state index in [1.807, 2.05) is 6.07 Å². The molecule has 0 atom stereocenters. The Balaban J connectivity index is 1.18. The van der Waals surface area contributed by atoms with Gasteiger partial charge in [0, 0.05) is 33.0 Å². The molecule has 0 saturated carbocycles. The van der Waals surface area contributed by atoms with Crippen LogP contribution < -0.4 is 4.90 Å². The van der Waals surface area contributed by atoms with E-state index in [1.54, 1.807) is 0 Å². The maximum atomic E-state index is 6.25. The van der Waals surface area contributed by atoms with Gasteiger partial charge < -0.3 is 9.32 Å². The third-order valence-corrected chi connectivity index (χ3v) is 11.5. The summed E-state index contributed by atoms with van der Waals surface area (Å²) in [6.07, 6.45) is 0. The smallest absolute Gasteiger partial charge is 0.136 e. The van der Waals surface area contributed by atoms with Crippen LogP contribution in [0.5, 0.6) is 0 Å². The molecule has 2 nitrogen and oxygen atoms in total. The van der Waals surface area contributed by atoms with Crippen LogP contribution in [0.1, 0.15) is 49.9 Å². The highest BCUT2D eigenvalue weighted by molar-refractivity contribution is 6.12. The molecular formula is C48H37NO. The molecule has 0 bridgehead atoms. The summed E-state index contributed by atoms with van der Waals surface area (Å²) in [5, 5.41) is 2.31. The van der Waals surface area contributed by atoms with Gasteiger partial charge in [0.05, 0.1) is 5.69 Å². The molecular weight excluding hydrogens is 607 g/mol. The van der Waals surface area contributed by atoms with Crippen molar-refractivity contribution in [3.8, 4) is 33.4 Å². The monoisotopic (exact) mass is 643 g/mol. The summed E-state index contributed by atoms with van der Waals surface area (Å²) in [5.41, 5.74) is 18.2. The zero-order valence-electron chi connectivity index (χ0n) is 28.8. The fourth-order valence-electron chi connectivity index (χ4n) is 9.07. The average Bonchev–Trinajstić information content (AvgIpc) is 3.72. The summed E-state index contributed by atoms with van der Waals surface area (Å²) in [5.74, 6) is 0. The number of para-hydroxylation sites is 1. The molecule has 0 N–H and O–H groups in total. The Labute approximate surface area is 293 Å². The van der Waals surface area contributed by atoms with Gasteiger partial charge >= 0.3 is 0 Å². The quantitative estimate of drug-likeness (QED) is 0.190. The Kier molecular flexibility index (Phi) is 6.01. The van der Waals surface area contributed by atoms with E-state index < -0.39 is 0 Å². The van der Waals surface area contributed by atoms with Crippen LogP contribution in [0.25, 0.3) is 55.3 Å². The van der Waals surface area contributed by atoms with Crippen molar-refractivity contribution in [1.29, 1.82) is 0 Å². The van der Waals surface area contributed by atoms with Gasteiger partial charge in [-0.05, 0) is 98.1 Å². The topological polar surface area (TPSA) is 16.4 Å². The highest BCUT2D eigenvalue weighted by Crippen LogP contribution is 2.55. The lowest BCUT2D eigenvalue weighted by molar-refractivity contribution is 0.658. The number of hydrogen-bond acceptors (Lipinski definition) is 2. The number of anilines is 3. The molecule has 1 heterocycles. The number of furan rings is 1. The highest BCUT2D eigenvalue weighted by atomic mass is 16.3. The second-order valence-electron chi connectivity index (χ2n) is 14.9. The van der Waals surface area contributed by atoms with Crippen molar-refractivity contribution in [2.24, 2.45) is 0 Å². The maximum absolute atomic E-state index is 6.25. The molecule has 0 amide bonds. The molecule has 0 unspecified atom stereocenters. The van der Waals surface area contributed by atoms with Gasteiger partial charge in [-0.1, -0.05) is 137 Å². The number of benzene rings is 7. The predicted octanol–water partition coefficient (Wildman–Crippen LogP) is 13.3. The van der Waals surface area contributed by atoms with Gasteiger partial charge in [-0.25, -0.2) is 0 Å². The Bertz CT molecular complexity index is 2650. The Hall–Kier alpha value is -5.86. The van der Waals surface area contributed by atoms with Gasteiger partial charge in [-0.3, -0.25) is 0 Å². The lowest BCUT2D eigenvalue weighted by Gasteiger charge is -2.33. The average molecular weight is 644 g/mol. The van der Waals surface area contributed by atoms with Gasteiger partial charge in [0.1, 0.15) is 11.2 Å². The van der Waals surface area contributed by atoms with Crippen molar-refractivity contribution in [3.05, 3.63) is 174 Å². The van der Waals surface area contributed by atoms with E-state index in [0.717, 1.165) is 27.6 Å². The third kappa shape index (κ3) is 3.96. The molecule has 0 radical (unpaired) electrons. The zero-order chi connectivity index (χ0) is 33.8. The molecule has 2 aliphatic rings. The molecule has 0 fully saturated rings. The van der Waals surface area contributed by atoms with E-state index in [2.05, 4.69) is 178 Å². The van der Waals surface area contributed by atoms with Crippen LogP contribution in [-0.2, 0) is 10.8 Å². The van der Waals surface area contributed by atoms with Crippen LogP contribution in [0, 0.1) is 0 Å². The summed E-state index contributed by atoms with van der Waals surface area (Å²) in [4.78, 5) is 2.49. The predicted molar refractivity (Wildman–Crippen MR) is 209 cm³/mol. The summed E-state index contributed by atoms with van der Waals surface area (Å²) in [7, 11) is 0. The molecule has 8 aromatic rings. The van der Waals surface area contributed by atoms with Crippen molar-refractivity contribution < 1.29 is 4.42 Å². The number of fused-ring (bicyclic) bond motifs is 9. The highest BCUT2D eigenvalue weighted by Gasteiger charge is 2.40. The van der Waals surface area contributed by atoms with Crippen molar-refractivity contribution in [2.45, 2.75) is 38.5 Å². The summed E-state index contributed by atoms with van der Waals surface area (Å²) >= 11 is 0. The molecule has 240 valence electrons. The second-order valence-corrected chi connectivity index (χ2v) is 14.9. The van der Waals surface area contributed by atoms with Crippen molar-refractivity contribution in [3.63, 3.8) is 0 Å². The standard InChI is InChI=1S/C48H37NO/c1-47(2)39-18-8-5-13-34(39)36-28-27-32(29-41(36)47)49(42-20-11-17-37-35-14-6-9-19-40(35)48(3,4)46(37)42)31-25-23-30(24-26-31)33-16-12-22-44-45(33)38-15-7-10-21-43(38)50-44/h5-29H,1-4H3. The van der Waals surface area contributed by atoms with Crippen molar-refractivity contribution in [2.75, 3.05) is 4.90 Å². The SMILES string of the molecule is CC1(C)c2ccccc2-c2ccc(N(c3ccc(-c4cccc5oc6ccccc6c45)cc3)c3cccc4c3C(C)(C)c3ccccc3-4)cc21. The second kappa shape index (κ2) is 10.3. The Morgan fingerprint density at radius 1 is 0.440 bits per heavy atom. The summed E-state index contributed by atoms with van der Waals surface area (Å²) < 4.78 is 6.25. The molecule has 0 aliphatic heterocycles. The van der Waals surface area contributed by atoms with E-state index >= 15 is 0 Å². The maximum Gasteiger partial charge on any atom is 0.136 e. The minimum absolute atomic E-state index is 0.0995. The molecule has 10 rings (SSSR count). The third-order valence-electron chi connectivity index (χ3n) is 11.5. The summed E-state index contributed by atoms with van der Waals surface area (Å²) in [6.45, 7) is 9.48. The molecule has 50 heavy (non-hydrogen) atoms. The zero-order valence-corrected chi connectivity index (χ0v) is 28.8. The number of nitrogens with zero attached hydrogens (tertiary/aromatic N) is 1. The largest absolute Gasteiger partial charge is 0.456 e. The molecule has 7 aromatic carbocycles. The van der Waals surface area contributed by atoms with Gasteiger partial charge in [-0.2, -0.15) is 0 Å². The van der Waals surface area contributed by atoms with Crippen LogP contribution in [-0.4, -0.2) is 0 Å². The van der Waals surface area contributed by atoms with E-state index in [0.29, 0.717) is 0 Å². The van der Waals surface area contributed by atoms with Gasteiger partial charge in [0.2, 0.25) is 0 Å². The molecule has 0 saturated heterocycles. The van der Waals surface area contributed by atoms with Crippen molar-refractivity contribution >= 4 is 39.0 Å². The fourth-order valence-corrected chi connectivity index (χ4v) is 9.07. The van der Waals surface area contributed by atoms with E-state index in [-0.39, 0.29) is 10.8 Å². The molecule has 1 aromatic heterocycles. The fraction of sp³-hybridized carbons (Fsp3) is 0.125. The lowest BCUT2D eigenvalue weighted by Crippen LogP contribution is -2.21. The molecule has 0 spiro atoms. The van der Waals surface area contributed by atoms with E-state index in [1.165, 1.54) is 67.0 Å². The van der Waals surface area contributed by atoms with E-state index in [9.17, 15) is 0 Å². The van der Waals surface area contributed by atoms with Gasteiger partial charge in [0.25, 0.3) is 0 Å². The van der Waals surface area contributed by atoms with Crippen LogP contribution in [0.3, 0.4) is 0 Å². The first-order valence-corrected chi connectivity index (χ1v) is 17.6.